The van der Waals surface area contributed by atoms with Gasteiger partial charge in [0.15, 0.2) is 0 Å². The highest BCUT2D eigenvalue weighted by Crippen LogP contribution is 2.30. The fraction of sp³-hybridized carbons (Fsp3) is 0.312. The lowest BCUT2D eigenvalue weighted by Crippen LogP contribution is -2.40. The number of nitrogens with zero attached hydrogens (tertiary/aromatic N) is 2. The Morgan fingerprint density at radius 3 is 3.04 bits per heavy atom. The number of carbonyl (C=O) groups is 2. The maximum atomic E-state index is 12.2. The summed E-state index contributed by atoms with van der Waals surface area (Å²) in [5.41, 5.74) is 1.57. The van der Waals surface area contributed by atoms with Crippen molar-refractivity contribution in [3.63, 3.8) is 0 Å². The molecule has 23 heavy (non-hydrogen) atoms. The fourth-order valence-electron chi connectivity index (χ4n) is 2.35. The molecule has 6 nitrogen and oxygen atoms in total. The van der Waals surface area contributed by atoms with Crippen LogP contribution >= 0.6 is 11.3 Å². The number of para-hydroxylation sites is 2. The average molecular weight is 331 g/mol. The first kappa shape index (κ1) is 15.5. The molecule has 0 saturated carbocycles. The summed E-state index contributed by atoms with van der Waals surface area (Å²) in [6, 6.07) is 7.26. The summed E-state index contributed by atoms with van der Waals surface area (Å²) >= 11 is 1.50. The Labute approximate surface area is 138 Å². The Morgan fingerprint density at radius 2 is 2.26 bits per heavy atom. The molecule has 2 heterocycles. The molecule has 2 amide bonds. The van der Waals surface area contributed by atoms with Crippen LogP contribution in [0.5, 0.6) is 5.75 Å². The molecule has 1 aromatic carbocycles. The Morgan fingerprint density at radius 1 is 1.43 bits per heavy atom. The van der Waals surface area contributed by atoms with Gasteiger partial charge in [-0.2, -0.15) is 0 Å². The minimum Gasteiger partial charge on any atom is -0.491 e. The van der Waals surface area contributed by atoms with E-state index in [1.807, 2.05) is 24.4 Å². The van der Waals surface area contributed by atoms with E-state index in [-0.39, 0.29) is 24.8 Å². The van der Waals surface area contributed by atoms with Crippen molar-refractivity contribution >= 4 is 28.8 Å². The van der Waals surface area contributed by atoms with Gasteiger partial charge in [0, 0.05) is 11.1 Å². The smallest absolute Gasteiger partial charge is 0.240 e. The summed E-state index contributed by atoms with van der Waals surface area (Å²) in [7, 11) is 0. The van der Waals surface area contributed by atoms with Crippen molar-refractivity contribution in [2.24, 2.45) is 0 Å². The fourth-order valence-corrected chi connectivity index (χ4v) is 3.06. The van der Waals surface area contributed by atoms with E-state index in [1.165, 1.54) is 16.2 Å². The number of hydrogen-bond donors (Lipinski definition) is 1. The molecule has 0 spiro atoms. The van der Waals surface area contributed by atoms with Crippen LogP contribution in [0.2, 0.25) is 0 Å². The molecule has 0 radical (unpaired) electrons. The predicted octanol–water partition coefficient (Wildman–Crippen LogP) is 1.88. The maximum absolute atomic E-state index is 12.2. The quantitative estimate of drug-likeness (QED) is 0.928. The number of anilines is 1. The highest BCUT2D eigenvalue weighted by Gasteiger charge is 2.24. The Balaban J connectivity index is 1.68. The zero-order chi connectivity index (χ0) is 16.2. The molecule has 0 aliphatic carbocycles. The summed E-state index contributed by atoms with van der Waals surface area (Å²) in [4.78, 5) is 30.2. The lowest BCUT2D eigenvalue weighted by molar-refractivity contribution is -0.124. The molecule has 1 aromatic heterocycles. The number of amides is 2. The molecule has 0 atom stereocenters. The topological polar surface area (TPSA) is 71.5 Å². The standard InChI is InChI=1S/C16H17N3O3S/c1-11-10-23-15(18-11)8-17-14(20)9-19-12-4-2-3-5-13(12)22-7-6-16(19)21/h2-5,10H,6-9H2,1H3,(H,17,20). The van der Waals surface area contributed by atoms with Crippen LogP contribution in [0.3, 0.4) is 0 Å². The second-order valence-electron chi connectivity index (χ2n) is 5.21. The van der Waals surface area contributed by atoms with E-state index < -0.39 is 0 Å². The van der Waals surface area contributed by atoms with Crippen molar-refractivity contribution < 1.29 is 14.3 Å². The zero-order valence-electron chi connectivity index (χ0n) is 12.7. The van der Waals surface area contributed by atoms with Crippen molar-refractivity contribution in [3.8, 4) is 5.75 Å². The lowest BCUT2D eigenvalue weighted by atomic mass is 10.2. The summed E-state index contributed by atoms with van der Waals surface area (Å²) in [6.45, 7) is 2.59. The average Bonchev–Trinajstić information content (AvgIpc) is 2.89. The predicted molar refractivity (Wildman–Crippen MR) is 87.6 cm³/mol. The third-order valence-electron chi connectivity index (χ3n) is 3.44. The number of hydrogen-bond acceptors (Lipinski definition) is 5. The summed E-state index contributed by atoms with van der Waals surface area (Å²) in [5, 5.41) is 5.59. The van der Waals surface area contributed by atoms with E-state index >= 15 is 0 Å². The number of thiazole rings is 1. The van der Waals surface area contributed by atoms with Gasteiger partial charge in [-0.05, 0) is 19.1 Å². The van der Waals surface area contributed by atoms with E-state index in [0.717, 1.165) is 10.7 Å². The molecule has 120 valence electrons. The van der Waals surface area contributed by atoms with Crippen LogP contribution in [-0.4, -0.2) is 29.9 Å². The van der Waals surface area contributed by atoms with Gasteiger partial charge in [-0.1, -0.05) is 12.1 Å². The maximum Gasteiger partial charge on any atom is 0.240 e. The highest BCUT2D eigenvalue weighted by molar-refractivity contribution is 7.09. The highest BCUT2D eigenvalue weighted by atomic mass is 32.1. The molecule has 0 saturated heterocycles. The first-order valence-corrected chi connectivity index (χ1v) is 8.21. The van der Waals surface area contributed by atoms with Gasteiger partial charge in [-0.25, -0.2) is 4.98 Å². The van der Waals surface area contributed by atoms with Gasteiger partial charge in [0.05, 0.1) is 25.3 Å². The zero-order valence-corrected chi connectivity index (χ0v) is 13.6. The second kappa shape index (κ2) is 6.78. The summed E-state index contributed by atoms with van der Waals surface area (Å²) < 4.78 is 5.56. The van der Waals surface area contributed by atoms with Gasteiger partial charge in [0.1, 0.15) is 17.3 Å². The number of carbonyl (C=O) groups excluding carboxylic acids is 2. The third-order valence-corrected chi connectivity index (χ3v) is 4.40. The molecule has 1 N–H and O–H groups in total. The van der Waals surface area contributed by atoms with Crippen molar-refractivity contribution in [3.05, 3.63) is 40.3 Å². The van der Waals surface area contributed by atoms with Gasteiger partial charge in [-0.15, -0.1) is 11.3 Å². The Bertz CT molecular complexity index is 729. The summed E-state index contributed by atoms with van der Waals surface area (Å²) in [6.07, 6.45) is 0.258. The molecule has 2 aromatic rings. The Hall–Kier alpha value is -2.41. The lowest BCUT2D eigenvalue weighted by Gasteiger charge is -2.21. The normalized spacial score (nSPS) is 14.0. The van der Waals surface area contributed by atoms with Crippen LogP contribution in [0.1, 0.15) is 17.1 Å². The largest absolute Gasteiger partial charge is 0.491 e. The van der Waals surface area contributed by atoms with Crippen LogP contribution in [0.25, 0.3) is 0 Å². The molecule has 1 aliphatic rings. The molecule has 3 rings (SSSR count). The van der Waals surface area contributed by atoms with Gasteiger partial charge >= 0.3 is 0 Å². The van der Waals surface area contributed by atoms with Gasteiger partial charge in [0.25, 0.3) is 0 Å². The number of benzene rings is 1. The number of aromatic nitrogens is 1. The van der Waals surface area contributed by atoms with E-state index in [2.05, 4.69) is 10.3 Å². The van der Waals surface area contributed by atoms with Gasteiger partial charge in [-0.3, -0.25) is 14.5 Å². The van der Waals surface area contributed by atoms with Crippen molar-refractivity contribution in [1.29, 1.82) is 0 Å². The molecular weight excluding hydrogens is 314 g/mol. The number of aryl methyl sites for hydroxylation is 1. The van der Waals surface area contributed by atoms with E-state index in [1.54, 1.807) is 12.1 Å². The van der Waals surface area contributed by atoms with Crippen molar-refractivity contribution in [2.75, 3.05) is 18.1 Å². The van der Waals surface area contributed by atoms with Crippen LogP contribution in [0.4, 0.5) is 5.69 Å². The van der Waals surface area contributed by atoms with Crippen molar-refractivity contribution in [1.82, 2.24) is 10.3 Å². The van der Waals surface area contributed by atoms with Crippen LogP contribution in [0, 0.1) is 6.92 Å². The molecule has 7 heteroatoms. The molecular formula is C16H17N3O3S. The SMILES string of the molecule is Cc1csc(CNC(=O)CN2C(=O)CCOc3ccccc32)n1. The molecule has 0 bridgehead atoms. The number of rotatable bonds is 4. The van der Waals surface area contributed by atoms with Gasteiger partial charge in [0.2, 0.25) is 11.8 Å². The second-order valence-corrected chi connectivity index (χ2v) is 6.15. The first-order valence-electron chi connectivity index (χ1n) is 7.33. The van der Waals surface area contributed by atoms with Crippen LogP contribution in [0.15, 0.2) is 29.6 Å². The molecule has 0 unspecified atom stereocenters. The minimum absolute atomic E-state index is 0.0242. The third kappa shape index (κ3) is 3.68. The van der Waals surface area contributed by atoms with E-state index in [9.17, 15) is 9.59 Å². The van der Waals surface area contributed by atoms with Crippen molar-refractivity contribution in [2.45, 2.75) is 19.9 Å². The first-order chi connectivity index (χ1) is 11.1. The number of nitrogens with one attached hydrogen (secondary N) is 1. The number of ether oxygens (including phenoxy) is 1. The molecule has 1 aliphatic heterocycles. The van der Waals surface area contributed by atoms with Gasteiger partial charge < -0.3 is 10.1 Å². The molecule has 0 fully saturated rings. The monoisotopic (exact) mass is 331 g/mol. The van der Waals surface area contributed by atoms with E-state index in [4.69, 9.17) is 4.74 Å². The van der Waals surface area contributed by atoms with Crippen LogP contribution < -0.4 is 15.0 Å². The minimum atomic E-state index is -0.220. The van der Waals surface area contributed by atoms with E-state index in [0.29, 0.717) is 24.6 Å². The number of fused-ring (bicyclic) bond motifs is 1. The Kier molecular flexibility index (Phi) is 4.57. The van der Waals surface area contributed by atoms with Crippen LogP contribution in [-0.2, 0) is 16.1 Å². The summed E-state index contributed by atoms with van der Waals surface area (Å²) in [5.74, 6) is 0.291.